The van der Waals surface area contributed by atoms with Gasteiger partial charge in [0.2, 0.25) is 0 Å². The largest absolute Gasteiger partial charge is 0.497 e. The van der Waals surface area contributed by atoms with Gasteiger partial charge < -0.3 is 10.1 Å². The molecule has 0 saturated carbocycles. The standard InChI is InChI=1S/C26H23ClN2O3/c1-15-6-10-20(13-17(15)3)29-25(30)23(18-7-11-21(32-4)12-8-18)24(26(29)31)28-19-9-5-16(2)22(27)14-19/h5-14,28H,1-4H3. The zero-order chi connectivity index (χ0) is 23.0. The Labute approximate surface area is 192 Å². The predicted molar refractivity (Wildman–Crippen MR) is 128 cm³/mol. The van der Waals surface area contributed by atoms with Crippen LogP contribution in [-0.4, -0.2) is 18.9 Å². The van der Waals surface area contributed by atoms with Crippen LogP contribution >= 0.6 is 11.6 Å². The number of nitrogens with zero attached hydrogens (tertiary/aromatic N) is 1. The molecule has 6 heteroatoms. The van der Waals surface area contributed by atoms with Gasteiger partial charge in [-0.25, -0.2) is 4.90 Å². The molecule has 0 spiro atoms. The maximum absolute atomic E-state index is 13.5. The lowest BCUT2D eigenvalue weighted by molar-refractivity contribution is -0.120. The molecule has 0 fully saturated rings. The van der Waals surface area contributed by atoms with Gasteiger partial charge in [-0.15, -0.1) is 0 Å². The zero-order valence-corrected chi connectivity index (χ0v) is 19.1. The van der Waals surface area contributed by atoms with Gasteiger partial charge in [-0.2, -0.15) is 0 Å². The summed E-state index contributed by atoms with van der Waals surface area (Å²) >= 11 is 6.28. The van der Waals surface area contributed by atoms with Crippen molar-refractivity contribution in [1.82, 2.24) is 0 Å². The summed E-state index contributed by atoms with van der Waals surface area (Å²) in [7, 11) is 1.58. The predicted octanol–water partition coefficient (Wildman–Crippen LogP) is 5.67. The van der Waals surface area contributed by atoms with Crippen molar-refractivity contribution in [3.63, 3.8) is 0 Å². The first-order valence-corrected chi connectivity index (χ1v) is 10.6. The van der Waals surface area contributed by atoms with Crippen molar-refractivity contribution in [3.05, 3.63) is 93.6 Å². The van der Waals surface area contributed by atoms with Gasteiger partial charge in [0.05, 0.1) is 18.4 Å². The van der Waals surface area contributed by atoms with Gasteiger partial charge in [0.25, 0.3) is 11.8 Å². The van der Waals surface area contributed by atoms with Crippen LogP contribution in [-0.2, 0) is 9.59 Å². The van der Waals surface area contributed by atoms with Crippen LogP contribution in [0, 0.1) is 20.8 Å². The minimum Gasteiger partial charge on any atom is -0.497 e. The first kappa shape index (κ1) is 21.7. The molecule has 0 unspecified atom stereocenters. The van der Waals surface area contributed by atoms with Crippen molar-refractivity contribution < 1.29 is 14.3 Å². The van der Waals surface area contributed by atoms with Crippen LogP contribution in [0.15, 0.2) is 66.4 Å². The van der Waals surface area contributed by atoms with Crippen molar-refractivity contribution in [2.75, 3.05) is 17.3 Å². The second-order valence-electron chi connectivity index (χ2n) is 7.78. The van der Waals surface area contributed by atoms with E-state index in [-0.39, 0.29) is 11.6 Å². The third kappa shape index (κ3) is 3.87. The van der Waals surface area contributed by atoms with Gasteiger partial charge in [-0.05, 0) is 79.4 Å². The van der Waals surface area contributed by atoms with E-state index in [1.54, 1.807) is 43.5 Å². The molecule has 0 bridgehead atoms. The van der Waals surface area contributed by atoms with E-state index in [1.165, 1.54) is 4.90 Å². The third-order valence-corrected chi connectivity index (χ3v) is 6.06. The number of methoxy groups -OCH3 is 1. The van der Waals surface area contributed by atoms with Crippen LogP contribution in [0.5, 0.6) is 5.75 Å². The fraction of sp³-hybridized carbons (Fsp3) is 0.154. The highest BCUT2D eigenvalue weighted by atomic mass is 35.5. The van der Waals surface area contributed by atoms with E-state index < -0.39 is 5.91 Å². The van der Waals surface area contributed by atoms with Crippen LogP contribution in [0.25, 0.3) is 5.57 Å². The smallest absolute Gasteiger partial charge is 0.282 e. The highest BCUT2D eigenvalue weighted by Gasteiger charge is 2.40. The van der Waals surface area contributed by atoms with Crippen LogP contribution in [0.4, 0.5) is 11.4 Å². The highest BCUT2D eigenvalue weighted by Crippen LogP contribution is 2.35. The number of anilines is 2. The molecule has 0 saturated heterocycles. The number of carbonyl (C=O) groups is 2. The first-order valence-electron chi connectivity index (χ1n) is 10.2. The molecule has 3 aromatic rings. The molecule has 4 rings (SSSR count). The van der Waals surface area contributed by atoms with E-state index in [0.29, 0.717) is 33.3 Å². The molecule has 5 nitrogen and oxygen atoms in total. The first-order chi connectivity index (χ1) is 15.3. The lowest BCUT2D eigenvalue weighted by Crippen LogP contribution is -2.32. The maximum Gasteiger partial charge on any atom is 0.282 e. The zero-order valence-electron chi connectivity index (χ0n) is 18.3. The number of aryl methyl sites for hydroxylation is 3. The summed E-state index contributed by atoms with van der Waals surface area (Å²) in [5.41, 5.74) is 5.30. The minimum absolute atomic E-state index is 0.207. The molecule has 0 aromatic heterocycles. The summed E-state index contributed by atoms with van der Waals surface area (Å²) < 4.78 is 5.23. The van der Waals surface area contributed by atoms with Crippen LogP contribution in [0.1, 0.15) is 22.3 Å². The lowest BCUT2D eigenvalue weighted by atomic mass is 10.0. The third-order valence-electron chi connectivity index (χ3n) is 5.65. The quantitative estimate of drug-likeness (QED) is 0.513. The maximum atomic E-state index is 13.5. The fourth-order valence-electron chi connectivity index (χ4n) is 3.59. The van der Waals surface area contributed by atoms with E-state index in [1.807, 2.05) is 45.0 Å². The monoisotopic (exact) mass is 446 g/mol. The van der Waals surface area contributed by atoms with Gasteiger partial charge >= 0.3 is 0 Å². The van der Waals surface area contributed by atoms with Crippen molar-refractivity contribution in [2.24, 2.45) is 0 Å². The molecule has 1 heterocycles. The second kappa shape index (κ2) is 8.52. The number of nitrogens with one attached hydrogen (secondary N) is 1. The molecule has 0 atom stereocenters. The van der Waals surface area contributed by atoms with Gasteiger partial charge in [-0.1, -0.05) is 35.9 Å². The molecule has 2 amide bonds. The molecule has 3 aromatic carbocycles. The number of ether oxygens (including phenoxy) is 1. The van der Waals surface area contributed by atoms with Gasteiger partial charge in [0, 0.05) is 10.7 Å². The topological polar surface area (TPSA) is 58.6 Å². The van der Waals surface area contributed by atoms with Crippen LogP contribution in [0.2, 0.25) is 5.02 Å². The Balaban J connectivity index is 1.82. The Morgan fingerprint density at radius 1 is 0.812 bits per heavy atom. The summed E-state index contributed by atoms with van der Waals surface area (Å²) in [4.78, 5) is 28.3. The van der Waals surface area contributed by atoms with Gasteiger partial charge in [0.1, 0.15) is 11.4 Å². The number of carbonyl (C=O) groups excluding carboxylic acids is 2. The normalized spacial score (nSPS) is 13.7. The molecule has 162 valence electrons. The Morgan fingerprint density at radius 2 is 1.50 bits per heavy atom. The molecular weight excluding hydrogens is 424 g/mol. The van der Waals surface area contributed by atoms with E-state index in [4.69, 9.17) is 16.3 Å². The van der Waals surface area contributed by atoms with Crippen LogP contribution in [0.3, 0.4) is 0 Å². The number of halogens is 1. The Bertz CT molecular complexity index is 1260. The Morgan fingerprint density at radius 3 is 2.12 bits per heavy atom. The number of amides is 2. The summed E-state index contributed by atoms with van der Waals surface area (Å²) in [6.45, 7) is 5.84. The molecule has 32 heavy (non-hydrogen) atoms. The van der Waals surface area contributed by atoms with E-state index in [2.05, 4.69) is 5.32 Å². The lowest BCUT2D eigenvalue weighted by Gasteiger charge is -2.17. The second-order valence-corrected chi connectivity index (χ2v) is 8.19. The molecule has 1 aliphatic heterocycles. The molecule has 1 aliphatic rings. The Hall–Kier alpha value is -3.57. The number of imide groups is 1. The van der Waals surface area contributed by atoms with E-state index >= 15 is 0 Å². The SMILES string of the molecule is COc1ccc(C2=C(Nc3ccc(C)c(Cl)c3)C(=O)N(c3ccc(C)c(C)c3)C2=O)cc1. The fourth-order valence-corrected chi connectivity index (χ4v) is 3.77. The Kier molecular flexibility index (Phi) is 5.76. The minimum atomic E-state index is -0.416. The molecular formula is C26H23ClN2O3. The van der Waals surface area contributed by atoms with Gasteiger partial charge in [0.15, 0.2) is 0 Å². The summed E-state index contributed by atoms with van der Waals surface area (Å²) in [6.07, 6.45) is 0. The van der Waals surface area contributed by atoms with Crippen LogP contribution < -0.4 is 15.0 Å². The number of hydrogen-bond acceptors (Lipinski definition) is 4. The molecule has 0 aliphatic carbocycles. The average Bonchev–Trinajstić information content (AvgIpc) is 3.02. The number of rotatable bonds is 5. The van der Waals surface area contributed by atoms with Crippen molar-refractivity contribution in [1.29, 1.82) is 0 Å². The van der Waals surface area contributed by atoms with E-state index in [0.717, 1.165) is 16.7 Å². The van der Waals surface area contributed by atoms with E-state index in [9.17, 15) is 9.59 Å². The van der Waals surface area contributed by atoms with Crippen molar-refractivity contribution in [2.45, 2.75) is 20.8 Å². The average molecular weight is 447 g/mol. The van der Waals surface area contributed by atoms with Gasteiger partial charge in [-0.3, -0.25) is 9.59 Å². The summed E-state index contributed by atoms with van der Waals surface area (Å²) in [6, 6.07) is 18.0. The summed E-state index contributed by atoms with van der Waals surface area (Å²) in [5.74, 6) is -0.137. The highest BCUT2D eigenvalue weighted by molar-refractivity contribution is 6.46. The van der Waals surface area contributed by atoms with Crippen molar-refractivity contribution >= 4 is 40.4 Å². The number of hydrogen-bond donors (Lipinski definition) is 1. The summed E-state index contributed by atoms with van der Waals surface area (Å²) in [5, 5.41) is 3.72. The van der Waals surface area contributed by atoms with Crippen molar-refractivity contribution in [3.8, 4) is 5.75 Å². The number of benzene rings is 3. The molecule has 0 radical (unpaired) electrons. The molecule has 1 N–H and O–H groups in total.